The molecule has 2 N–H and O–H groups in total. The monoisotopic (exact) mass is 366 g/mol. The van der Waals surface area contributed by atoms with E-state index >= 15 is 0 Å². The van der Waals surface area contributed by atoms with E-state index in [1.165, 1.54) is 15.6 Å². The summed E-state index contributed by atoms with van der Waals surface area (Å²) < 4.78 is 1.93. The third-order valence-electron chi connectivity index (χ3n) is 3.86. The van der Waals surface area contributed by atoms with Gasteiger partial charge in [0.25, 0.3) is 0 Å². The SMILES string of the molecule is CNc1cccc(Nc2nccn3ccnc23)c1.Cc1nc(C)c(C)s1. The van der Waals surface area contributed by atoms with E-state index < -0.39 is 0 Å². The van der Waals surface area contributed by atoms with Crippen LogP contribution in [0.15, 0.2) is 49.1 Å². The van der Waals surface area contributed by atoms with Gasteiger partial charge in [-0.05, 0) is 39.0 Å². The van der Waals surface area contributed by atoms with Crippen molar-refractivity contribution in [2.75, 3.05) is 17.7 Å². The predicted octanol–water partition coefficient (Wildman–Crippen LogP) is 4.58. The maximum atomic E-state index is 4.32. The fourth-order valence-electron chi connectivity index (χ4n) is 2.46. The van der Waals surface area contributed by atoms with Gasteiger partial charge in [0.15, 0.2) is 11.5 Å². The quantitative estimate of drug-likeness (QED) is 0.555. The smallest absolute Gasteiger partial charge is 0.180 e. The summed E-state index contributed by atoms with van der Waals surface area (Å²) in [4.78, 5) is 14.2. The molecule has 0 radical (unpaired) electrons. The van der Waals surface area contributed by atoms with Gasteiger partial charge in [0.05, 0.1) is 10.7 Å². The number of hydrogen-bond donors (Lipinski definition) is 2. The minimum Gasteiger partial charge on any atom is -0.388 e. The molecule has 7 heteroatoms. The predicted molar refractivity (Wildman–Crippen MR) is 109 cm³/mol. The van der Waals surface area contributed by atoms with Crippen molar-refractivity contribution >= 4 is 34.2 Å². The Labute approximate surface area is 157 Å². The average molecular weight is 366 g/mol. The van der Waals surface area contributed by atoms with Crippen LogP contribution in [0, 0.1) is 20.8 Å². The summed E-state index contributed by atoms with van der Waals surface area (Å²) in [7, 11) is 1.90. The molecule has 0 unspecified atom stereocenters. The van der Waals surface area contributed by atoms with Crippen molar-refractivity contribution < 1.29 is 0 Å². The van der Waals surface area contributed by atoms with E-state index in [4.69, 9.17) is 0 Å². The first-order chi connectivity index (χ1) is 12.6. The van der Waals surface area contributed by atoms with E-state index in [9.17, 15) is 0 Å². The molecule has 0 amide bonds. The second-order valence-electron chi connectivity index (χ2n) is 5.76. The number of nitrogens with zero attached hydrogens (tertiary/aromatic N) is 4. The molecule has 6 nitrogen and oxygen atoms in total. The van der Waals surface area contributed by atoms with Crippen LogP contribution >= 0.6 is 11.3 Å². The molecule has 0 fully saturated rings. The summed E-state index contributed by atoms with van der Waals surface area (Å²) in [6, 6.07) is 8.01. The lowest BCUT2D eigenvalue weighted by Gasteiger charge is -2.08. The van der Waals surface area contributed by atoms with Gasteiger partial charge in [0.2, 0.25) is 0 Å². The van der Waals surface area contributed by atoms with Gasteiger partial charge in [-0.15, -0.1) is 11.3 Å². The zero-order chi connectivity index (χ0) is 18.5. The van der Waals surface area contributed by atoms with Crippen molar-refractivity contribution in [3.05, 3.63) is 64.6 Å². The van der Waals surface area contributed by atoms with Gasteiger partial charge in [-0.3, -0.25) is 0 Å². The van der Waals surface area contributed by atoms with Crippen molar-refractivity contribution in [3.8, 4) is 0 Å². The molecule has 0 aliphatic rings. The van der Waals surface area contributed by atoms with Crippen molar-refractivity contribution in [2.24, 2.45) is 0 Å². The van der Waals surface area contributed by atoms with Gasteiger partial charge in [0.1, 0.15) is 0 Å². The Hall–Kier alpha value is -2.93. The number of fused-ring (bicyclic) bond motifs is 1. The first kappa shape index (κ1) is 17.9. The second-order valence-corrected chi connectivity index (χ2v) is 7.17. The Morgan fingerprint density at radius 1 is 1.00 bits per heavy atom. The molecule has 0 saturated heterocycles. The fourth-order valence-corrected chi connectivity index (χ4v) is 3.28. The van der Waals surface area contributed by atoms with Gasteiger partial charge in [-0.2, -0.15) is 0 Å². The molecule has 3 heterocycles. The van der Waals surface area contributed by atoms with E-state index in [-0.39, 0.29) is 0 Å². The Balaban J connectivity index is 0.000000206. The van der Waals surface area contributed by atoms with Gasteiger partial charge in [0, 0.05) is 48.1 Å². The number of benzene rings is 1. The van der Waals surface area contributed by atoms with Gasteiger partial charge < -0.3 is 15.0 Å². The van der Waals surface area contributed by atoms with Crippen LogP contribution in [0.3, 0.4) is 0 Å². The van der Waals surface area contributed by atoms with Gasteiger partial charge in [-0.1, -0.05) is 6.07 Å². The molecular formula is C19H22N6S. The summed E-state index contributed by atoms with van der Waals surface area (Å²) in [5, 5.41) is 7.54. The number of imidazole rings is 1. The largest absolute Gasteiger partial charge is 0.388 e. The minimum absolute atomic E-state index is 0.746. The molecule has 0 bridgehead atoms. The standard InChI is InChI=1S/C13H13N5.C6H9NS/c1-14-10-3-2-4-11(9-10)17-12-13-16-6-8-18(13)7-5-15-12;1-4-5(2)8-6(3)7-4/h2-9,14H,1H3,(H,15,17);1-3H3. The normalized spacial score (nSPS) is 10.3. The molecule has 26 heavy (non-hydrogen) atoms. The number of anilines is 3. The molecule has 3 aromatic heterocycles. The lowest BCUT2D eigenvalue weighted by atomic mass is 10.3. The highest BCUT2D eigenvalue weighted by Crippen LogP contribution is 2.20. The third kappa shape index (κ3) is 4.18. The van der Waals surface area contributed by atoms with Crippen LogP contribution in [0.1, 0.15) is 15.6 Å². The van der Waals surface area contributed by atoms with Crippen LogP contribution in [0.5, 0.6) is 0 Å². The third-order valence-corrected chi connectivity index (χ3v) is 4.85. The topological polar surface area (TPSA) is 67.1 Å². The molecular weight excluding hydrogens is 344 g/mol. The average Bonchev–Trinajstić information content (AvgIpc) is 3.22. The number of aromatic nitrogens is 4. The maximum Gasteiger partial charge on any atom is 0.180 e. The van der Waals surface area contributed by atoms with Crippen LogP contribution in [-0.4, -0.2) is 26.4 Å². The van der Waals surface area contributed by atoms with Crippen LogP contribution in [0.4, 0.5) is 17.2 Å². The van der Waals surface area contributed by atoms with Crippen molar-refractivity contribution in [1.82, 2.24) is 19.4 Å². The van der Waals surface area contributed by atoms with E-state index in [0.717, 1.165) is 22.8 Å². The Bertz CT molecular complexity index is 985. The van der Waals surface area contributed by atoms with E-state index in [0.29, 0.717) is 0 Å². The molecule has 1 aromatic carbocycles. The number of rotatable bonds is 3. The minimum atomic E-state index is 0.746. The Kier molecular flexibility index (Phi) is 5.48. The fraction of sp³-hybridized carbons (Fsp3) is 0.211. The molecule has 0 saturated carbocycles. The maximum absolute atomic E-state index is 4.32. The molecule has 4 rings (SSSR count). The van der Waals surface area contributed by atoms with Crippen LogP contribution in [0.2, 0.25) is 0 Å². The summed E-state index contributed by atoms with van der Waals surface area (Å²) in [6.07, 6.45) is 7.27. The Morgan fingerprint density at radius 3 is 2.35 bits per heavy atom. The van der Waals surface area contributed by atoms with E-state index in [2.05, 4.69) is 32.5 Å². The number of nitrogens with one attached hydrogen (secondary N) is 2. The number of hydrogen-bond acceptors (Lipinski definition) is 6. The summed E-state index contributed by atoms with van der Waals surface area (Å²) in [5.74, 6) is 0.746. The lowest BCUT2D eigenvalue weighted by molar-refractivity contribution is 1.13. The summed E-state index contributed by atoms with van der Waals surface area (Å²) >= 11 is 1.76. The number of aryl methyl sites for hydroxylation is 3. The van der Waals surface area contributed by atoms with Crippen LogP contribution in [-0.2, 0) is 0 Å². The van der Waals surface area contributed by atoms with Crippen molar-refractivity contribution in [3.63, 3.8) is 0 Å². The van der Waals surface area contributed by atoms with Crippen molar-refractivity contribution in [1.29, 1.82) is 0 Å². The zero-order valence-corrected chi connectivity index (χ0v) is 16.1. The summed E-state index contributed by atoms with van der Waals surface area (Å²) in [6.45, 7) is 6.17. The van der Waals surface area contributed by atoms with Gasteiger partial charge in [-0.25, -0.2) is 15.0 Å². The second kappa shape index (κ2) is 7.97. The van der Waals surface area contributed by atoms with Crippen LogP contribution < -0.4 is 10.6 Å². The van der Waals surface area contributed by atoms with Crippen molar-refractivity contribution in [2.45, 2.75) is 20.8 Å². The van der Waals surface area contributed by atoms with E-state index in [1.54, 1.807) is 23.7 Å². The molecule has 0 aliphatic carbocycles. The first-order valence-corrected chi connectivity index (χ1v) is 9.11. The molecule has 0 aliphatic heterocycles. The molecule has 0 spiro atoms. The highest BCUT2D eigenvalue weighted by atomic mass is 32.1. The highest BCUT2D eigenvalue weighted by molar-refractivity contribution is 7.11. The zero-order valence-electron chi connectivity index (χ0n) is 15.3. The first-order valence-electron chi connectivity index (χ1n) is 8.30. The molecule has 0 atom stereocenters. The molecule has 4 aromatic rings. The van der Waals surface area contributed by atoms with E-state index in [1.807, 2.05) is 62.0 Å². The molecule has 134 valence electrons. The Morgan fingerprint density at radius 2 is 1.73 bits per heavy atom. The van der Waals surface area contributed by atoms with Gasteiger partial charge >= 0.3 is 0 Å². The van der Waals surface area contributed by atoms with Crippen LogP contribution in [0.25, 0.3) is 5.65 Å². The number of thiazole rings is 1. The highest BCUT2D eigenvalue weighted by Gasteiger charge is 2.04. The summed E-state index contributed by atoms with van der Waals surface area (Å²) in [5.41, 5.74) is 4.01. The lowest BCUT2D eigenvalue weighted by Crippen LogP contribution is -1.98.